The minimum absolute atomic E-state index is 0.0911. The number of aliphatic hydroxyl groups is 8. The summed E-state index contributed by atoms with van der Waals surface area (Å²) in [5, 5.41) is 101. The number of benzene rings is 2. The molecular weight excluding hydrogens is 857 g/mol. The monoisotopic (exact) mass is 914 g/mol. The molecule has 0 saturated carbocycles. The average Bonchev–Trinajstić information content (AvgIpc) is 3.27. The Morgan fingerprint density at radius 3 is 1.95 bits per heavy atom. The molecule has 3 aliphatic heterocycles. The molecule has 63 heavy (non-hydrogen) atoms. The van der Waals surface area contributed by atoms with Gasteiger partial charge in [-0.2, -0.15) is 12.6 Å². The lowest BCUT2D eigenvalue weighted by Gasteiger charge is -2.50. The Morgan fingerprint density at radius 2 is 1.33 bits per heavy atom. The molecule has 3 saturated heterocycles. The second-order valence-corrected chi connectivity index (χ2v) is 15.8. The highest BCUT2D eigenvalue weighted by Crippen LogP contribution is 2.35. The maximum absolute atomic E-state index is 12.7. The summed E-state index contributed by atoms with van der Waals surface area (Å²) >= 11 is 4.12. The molecule has 16 atom stereocenters. The first-order chi connectivity index (χ1) is 30.2. The summed E-state index contributed by atoms with van der Waals surface area (Å²) in [6, 6.07) is 13.5. The molecule has 22 heteroatoms. The lowest BCUT2D eigenvalue weighted by Crippen LogP contribution is -2.70. The number of ether oxygens (including phenoxy) is 7. The zero-order chi connectivity index (χ0) is 45.8. The van der Waals surface area contributed by atoms with Gasteiger partial charge in [0.1, 0.15) is 78.9 Å². The quantitative estimate of drug-likeness (QED) is 0.0547. The summed E-state index contributed by atoms with van der Waals surface area (Å²) in [4.78, 5) is 37.4. The fourth-order valence-electron chi connectivity index (χ4n) is 7.44. The minimum atomic E-state index is -1.95. The number of rotatable bonds is 21. The molecule has 0 aliphatic carbocycles. The van der Waals surface area contributed by atoms with Gasteiger partial charge in [0.15, 0.2) is 18.7 Å². The summed E-state index contributed by atoms with van der Waals surface area (Å²) < 4.78 is 41.8. The van der Waals surface area contributed by atoms with E-state index in [4.69, 9.17) is 33.2 Å². The van der Waals surface area contributed by atoms with E-state index in [9.17, 15) is 60.3 Å². The highest BCUT2D eigenvalue weighted by atomic mass is 32.1. The zero-order valence-corrected chi connectivity index (χ0v) is 35.2. The number of hydrogen-bond acceptors (Lipinski definition) is 19. The number of aliphatic carboxylic acids is 1. The van der Waals surface area contributed by atoms with Crippen molar-refractivity contribution in [3.63, 3.8) is 0 Å². The van der Waals surface area contributed by atoms with Crippen molar-refractivity contribution in [1.29, 1.82) is 0 Å². The van der Waals surface area contributed by atoms with E-state index in [0.29, 0.717) is 37.1 Å². The molecule has 0 radical (unpaired) electrons. The average molecular weight is 915 g/mol. The molecule has 11 N–H and O–H groups in total. The van der Waals surface area contributed by atoms with E-state index in [2.05, 4.69) is 23.3 Å². The molecule has 3 fully saturated rings. The number of carbonyl (C=O) groups excluding carboxylic acids is 2. The number of thiol groups is 1. The number of nitrogens with one attached hydrogen (secondary N) is 2. The third-order valence-corrected chi connectivity index (χ3v) is 11.1. The highest BCUT2D eigenvalue weighted by molar-refractivity contribution is 7.80. The Balaban J connectivity index is 1.43. The van der Waals surface area contributed by atoms with E-state index < -0.39 is 130 Å². The predicted octanol–water partition coefficient (Wildman–Crippen LogP) is -3.25. The van der Waals surface area contributed by atoms with Crippen molar-refractivity contribution in [3.8, 4) is 5.75 Å². The predicted molar refractivity (Wildman–Crippen MR) is 218 cm³/mol. The van der Waals surface area contributed by atoms with Crippen molar-refractivity contribution in [2.24, 2.45) is 0 Å². The third kappa shape index (κ3) is 13.3. The summed E-state index contributed by atoms with van der Waals surface area (Å²) in [6.45, 7) is -1.06. The van der Waals surface area contributed by atoms with Gasteiger partial charge in [-0.05, 0) is 41.9 Å². The van der Waals surface area contributed by atoms with Gasteiger partial charge in [0.05, 0.1) is 19.8 Å². The largest absolute Gasteiger partial charge is 0.479 e. The van der Waals surface area contributed by atoms with Crippen LogP contribution >= 0.6 is 12.6 Å². The lowest BCUT2D eigenvalue weighted by atomic mass is 9.94. The summed E-state index contributed by atoms with van der Waals surface area (Å²) in [5.41, 5.74) is 1.40. The Morgan fingerprint density at radius 1 is 0.714 bits per heavy atom. The normalized spacial score (nSPS) is 33.8. The first-order valence-electron chi connectivity index (χ1n) is 20.5. The SMILES string of the molecule is CC(=O)NC1C(O[C@@H]2OC(CO)[C@H](O)C(O)C2O)[C@@H](O)C(CO)O[C@H]1O[C@H]1C(CO)O[C@@H](Oc2ccc(CCNC(=O)CCCS)cc2)C(O)C1O[C@@H](Cc1ccccc1)C(=O)O. The molecule has 352 valence electrons. The topological polar surface area (TPSA) is 322 Å². The van der Waals surface area contributed by atoms with E-state index in [-0.39, 0.29) is 18.1 Å². The fourth-order valence-corrected chi connectivity index (χ4v) is 7.59. The smallest absolute Gasteiger partial charge is 0.333 e. The first kappa shape index (κ1) is 50.4. The Hall–Kier alpha value is -3.56. The Labute approximate surface area is 368 Å². The van der Waals surface area contributed by atoms with Crippen molar-refractivity contribution >= 4 is 30.4 Å². The maximum Gasteiger partial charge on any atom is 0.333 e. The molecule has 2 aromatic rings. The second kappa shape index (κ2) is 24.1. The van der Waals surface area contributed by atoms with Gasteiger partial charge in [0.25, 0.3) is 0 Å². The molecule has 0 aromatic heterocycles. The number of carbonyl (C=O) groups is 3. The fraction of sp³-hybridized carbons (Fsp3) is 0.634. The van der Waals surface area contributed by atoms with Crippen molar-refractivity contribution in [3.05, 3.63) is 65.7 Å². The lowest BCUT2D eigenvalue weighted by molar-refractivity contribution is -0.364. The molecular formula is C41H58N2O19S. The number of hydrogen-bond donors (Lipinski definition) is 12. The number of amides is 2. The van der Waals surface area contributed by atoms with E-state index in [1.165, 1.54) is 0 Å². The van der Waals surface area contributed by atoms with Crippen molar-refractivity contribution < 1.29 is 93.5 Å². The molecule has 2 amide bonds. The van der Waals surface area contributed by atoms with Crippen LogP contribution in [0, 0.1) is 0 Å². The molecule has 9 unspecified atom stereocenters. The second-order valence-electron chi connectivity index (χ2n) is 15.4. The van der Waals surface area contributed by atoms with Gasteiger partial charge in [-0.25, -0.2) is 4.79 Å². The van der Waals surface area contributed by atoms with Crippen LogP contribution in [0.25, 0.3) is 0 Å². The van der Waals surface area contributed by atoms with Crippen LogP contribution in [-0.4, -0.2) is 194 Å². The number of aliphatic hydroxyl groups excluding tert-OH is 8. The van der Waals surface area contributed by atoms with E-state index in [1.54, 1.807) is 54.6 Å². The van der Waals surface area contributed by atoms with Gasteiger partial charge >= 0.3 is 5.97 Å². The van der Waals surface area contributed by atoms with Crippen LogP contribution in [0.5, 0.6) is 5.75 Å². The van der Waals surface area contributed by atoms with Crippen molar-refractivity contribution in [2.45, 2.75) is 131 Å². The molecule has 0 spiro atoms. The van der Waals surface area contributed by atoms with Crippen molar-refractivity contribution in [2.75, 3.05) is 32.1 Å². The van der Waals surface area contributed by atoms with Crippen LogP contribution in [0.4, 0.5) is 0 Å². The van der Waals surface area contributed by atoms with Gasteiger partial charge in [-0.1, -0.05) is 42.5 Å². The van der Waals surface area contributed by atoms with E-state index in [1.807, 2.05) is 0 Å². The summed E-state index contributed by atoms with van der Waals surface area (Å²) in [7, 11) is 0. The standard InChI is InChI=1S/C41H58N2O19S/c1-20(47)43-29-36(62-40-33(52)32(51)30(49)25(17-44)59-40)31(50)26(18-45)58-39(29)61-35-27(19-46)60-41(34(53)37(35)57-24(38(54)55)16-22-6-3-2-4-7-22)56-23-11-9-21(10-12-23)13-14-42-28(48)8-5-15-63/h2-4,6-7,9-12,24-27,29-37,39-41,44-46,49-53,63H,5,8,13-19H2,1H3,(H,42,48)(H,43,47)(H,54,55)/t24-,25?,26?,27?,29?,30-,31-,32?,33?,34?,35-,36?,37?,39-,40-,41+/m0/s1. The zero-order valence-electron chi connectivity index (χ0n) is 34.4. The van der Waals surface area contributed by atoms with Crippen LogP contribution in [0.3, 0.4) is 0 Å². The Bertz CT molecular complexity index is 1730. The Kier molecular flexibility index (Phi) is 19.3. The van der Waals surface area contributed by atoms with Gasteiger partial charge in [-0.15, -0.1) is 0 Å². The third-order valence-electron chi connectivity index (χ3n) is 10.8. The van der Waals surface area contributed by atoms with Crippen LogP contribution in [0.15, 0.2) is 54.6 Å². The van der Waals surface area contributed by atoms with Crippen LogP contribution in [0.1, 0.15) is 30.9 Å². The molecule has 3 heterocycles. The molecule has 5 rings (SSSR count). The molecule has 21 nitrogen and oxygen atoms in total. The van der Waals surface area contributed by atoms with Crippen LogP contribution < -0.4 is 15.4 Å². The molecule has 0 bridgehead atoms. The summed E-state index contributed by atoms with van der Waals surface area (Å²) in [6.07, 6.45) is -24.3. The van der Waals surface area contributed by atoms with E-state index >= 15 is 0 Å². The summed E-state index contributed by atoms with van der Waals surface area (Å²) in [5.74, 6) is -1.46. The van der Waals surface area contributed by atoms with Crippen molar-refractivity contribution in [1.82, 2.24) is 10.6 Å². The minimum Gasteiger partial charge on any atom is -0.479 e. The van der Waals surface area contributed by atoms with E-state index in [0.717, 1.165) is 12.5 Å². The van der Waals surface area contributed by atoms with Gasteiger partial charge in [0.2, 0.25) is 18.1 Å². The molecule has 3 aliphatic rings. The van der Waals surface area contributed by atoms with Gasteiger partial charge in [-0.3, -0.25) is 9.59 Å². The number of carboxylic acids is 1. The van der Waals surface area contributed by atoms with Gasteiger partial charge in [0, 0.05) is 26.3 Å². The maximum atomic E-state index is 12.7. The van der Waals surface area contributed by atoms with Crippen LogP contribution in [0.2, 0.25) is 0 Å². The van der Waals surface area contributed by atoms with Crippen LogP contribution in [-0.2, 0) is 55.6 Å². The van der Waals surface area contributed by atoms with Gasteiger partial charge < -0.3 is 89.8 Å². The number of carboxylic acid groups (broad SMARTS) is 1. The first-order valence-corrected chi connectivity index (χ1v) is 21.1. The highest BCUT2D eigenvalue weighted by Gasteiger charge is 2.55. The molecule has 2 aromatic carbocycles.